The monoisotopic (exact) mass is 169 g/mol. The van der Waals surface area contributed by atoms with Crippen molar-refractivity contribution >= 4 is 5.78 Å². The number of ketones is 1. The van der Waals surface area contributed by atoms with Crippen LogP contribution >= 0.6 is 0 Å². The van der Waals surface area contributed by atoms with Crippen LogP contribution in [0.5, 0.6) is 0 Å². The van der Waals surface area contributed by atoms with Gasteiger partial charge in [-0.25, -0.2) is 0 Å². The fourth-order valence-electron chi connectivity index (χ4n) is 1.19. The molecule has 0 radical (unpaired) electrons. The lowest BCUT2D eigenvalue weighted by molar-refractivity contribution is -0.123. The lowest BCUT2D eigenvalue weighted by Crippen LogP contribution is -2.46. The molecule has 1 aliphatic rings. The molecule has 1 heterocycles. The Balaban J connectivity index is 2.34. The standard InChI is InChI=1S/C9H15NO2/c1-7(2)5-9(11)8-6-12-4-3-10-8/h8,10H,1,3-6H2,2H3. The molecule has 12 heavy (non-hydrogen) atoms. The predicted molar refractivity (Wildman–Crippen MR) is 47.0 cm³/mol. The first kappa shape index (κ1) is 9.42. The van der Waals surface area contributed by atoms with Gasteiger partial charge in [-0.15, -0.1) is 0 Å². The van der Waals surface area contributed by atoms with E-state index in [0.29, 0.717) is 19.6 Å². The van der Waals surface area contributed by atoms with Crippen molar-refractivity contribution in [3.8, 4) is 0 Å². The second-order valence-corrected chi connectivity index (χ2v) is 3.18. The molecule has 3 nitrogen and oxygen atoms in total. The van der Waals surface area contributed by atoms with E-state index in [9.17, 15) is 4.79 Å². The Morgan fingerprint density at radius 1 is 1.75 bits per heavy atom. The van der Waals surface area contributed by atoms with Gasteiger partial charge in [-0.1, -0.05) is 12.2 Å². The predicted octanol–water partition coefficient (Wildman–Crippen LogP) is 0.510. The van der Waals surface area contributed by atoms with Gasteiger partial charge in [0.2, 0.25) is 0 Å². The molecule has 0 aromatic carbocycles. The Bertz CT molecular complexity index is 183. The van der Waals surface area contributed by atoms with Crippen LogP contribution in [0.15, 0.2) is 12.2 Å². The number of ether oxygens (including phenoxy) is 1. The van der Waals surface area contributed by atoms with Gasteiger partial charge in [0, 0.05) is 13.0 Å². The van der Waals surface area contributed by atoms with Crippen LogP contribution in [0.4, 0.5) is 0 Å². The summed E-state index contributed by atoms with van der Waals surface area (Å²) in [7, 11) is 0. The molecule has 0 aromatic heterocycles. The van der Waals surface area contributed by atoms with Crippen molar-refractivity contribution in [3.05, 3.63) is 12.2 Å². The highest BCUT2D eigenvalue weighted by Crippen LogP contribution is 2.03. The quantitative estimate of drug-likeness (QED) is 0.626. The first-order valence-corrected chi connectivity index (χ1v) is 4.18. The van der Waals surface area contributed by atoms with Gasteiger partial charge in [-0.2, -0.15) is 0 Å². The second-order valence-electron chi connectivity index (χ2n) is 3.18. The molecule has 1 rings (SSSR count). The van der Waals surface area contributed by atoms with Gasteiger partial charge in [-0.05, 0) is 6.92 Å². The van der Waals surface area contributed by atoms with Crippen molar-refractivity contribution < 1.29 is 9.53 Å². The van der Waals surface area contributed by atoms with Crippen LogP contribution in [0.1, 0.15) is 13.3 Å². The molecule has 1 N–H and O–H groups in total. The van der Waals surface area contributed by atoms with E-state index >= 15 is 0 Å². The Hall–Kier alpha value is -0.670. The average Bonchev–Trinajstić information content (AvgIpc) is 2.05. The molecule has 1 fully saturated rings. The van der Waals surface area contributed by atoms with Crippen LogP contribution in [0.25, 0.3) is 0 Å². The second kappa shape index (κ2) is 4.38. The van der Waals surface area contributed by atoms with Gasteiger partial charge in [0.15, 0.2) is 5.78 Å². The summed E-state index contributed by atoms with van der Waals surface area (Å²) < 4.78 is 5.17. The van der Waals surface area contributed by atoms with Crippen LogP contribution in [-0.2, 0) is 9.53 Å². The molecule has 0 spiro atoms. The first-order valence-electron chi connectivity index (χ1n) is 4.18. The maximum Gasteiger partial charge on any atom is 0.156 e. The van der Waals surface area contributed by atoms with Crippen molar-refractivity contribution in [1.29, 1.82) is 0 Å². The average molecular weight is 169 g/mol. The molecule has 1 unspecified atom stereocenters. The van der Waals surface area contributed by atoms with E-state index in [1.54, 1.807) is 0 Å². The maximum atomic E-state index is 11.4. The number of hydrogen-bond acceptors (Lipinski definition) is 3. The molecule has 3 heteroatoms. The number of carbonyl (C=O) groups is 1. The van der Waals surface area contributed by atoms with E-state index in [-0.39, 0.29) is 11.8 Å². The highest BCUT2D eigenvalue weighted by atomic mass is 16.5. The Labute approximate surface area is 72.8 Å². The molecular weight excluding hydrogens is 154 g/mol. The van der Waals surface area contributed by atoms with E-state index in [1.165, 1.54) is 0 Å². The van der Waals surface area contributed by atoms with Gasteiger partial charge in [0.05, 0.1) is 19.3 Å². The third-order valence-corrected chi connectivity index (χ3v) is 1.79. The highest BCUT2D eigenvalue weighted by molar-refractivity contribution is 5.86. The van der Waals surface area contributed by atoms with Crippen LogP contribution < -0.4 is 5.32 Å². The summed E-state index contributed by atoms with van der Waals surface area (Å²) in [5.41, 5.74) is 0.910. The number of morpholine rings is 1. The van der Waals surface area contributed by atoms with E-state index in [1.807, 2.05) is 6.92 Å². The van der Waals surface area contributed by atoms with Gasteiger partial charge in [0.25, 0.3) is 0 Å². The van der Waals surface area contributed by atoms with Crippen molar-refractivity contribution in [3.63, 3.8) is 0 Å². The summed E-state index contributed by atoms with van der Waals surface area (Å²) in [6, 6.07) is -0.115. The molecule has 0 aliphatic carbocycles. The molecule has 0 amide bonds. The maximum absolute atomic E-state index is 11.4. The number of Topliss-reactive ketones (excluding diaryl/α,β-unsaturated/α-hetero) is 1. The van der Waals surface area contributed by atoms with Crippen LogP contribution in [0.2, 0.25) is 0 Å². The minimum Gasteiger partial charge on any atom is -0.378 e. The molecule has 68 valence electrons. The first-order chi connectivity index (χ1) is 5.70. The molecule has 1 atom stereocenters. The number of nitrogens with one attached hydrogen (secondary N) is 1. The topological polar surface area (TPSA) is 38.3 Å². The van der Waals surface area contributed by atoms with Crippen molar-refractivity contribution in [2.45, 2.75) is 19.4 Å². The van der Waals surface area contributed by atoms with Crippen molar-refractivity contribution in [2.24, 2.45) is 0 Å². The molecule has 1 aliphatic heterocycles. The summed E-state index contributed by atoms with van der Waals surface area (Å²) in [6.07, 6.45) is 0.459. The van der Waals surface area contributed by atoms with E-state index < -0.39 is 0 Å². The van der Waals surface area contributed by atoms with Gasteiger partial charge in [-0.3, -0.25) is 4.79 Å². The van der Waals surface area contributed by atoms with Gasteiger partial charge >= 0.3 is 0 Å². The van der Waals surface area contributed by atoms with Crippen molar-refractivity contribution in [1.82, 2.24) is 5.32 Å². The Morgan fingerprint density at radius 2 is 2.50 bits per heavy atom. The normalized spacial score (nSPS) is 23.6. The number of rotatable bonds is 3. The van der Waals surface area contributed by atoms with Gasteiger partial charge < -0.3 is 10.1 Å². The van der Waals surface area contributed by atoms with E-state index in [2.05, 4.69) is 11.9 Å². The van der Waals surface area contributed by atoms with Crippen LogP contribution in [-0.4, -0.2) is 31.6 Å². The summed E-state index contributed by atoms with van der Waals surface area (Å²) in [5, 5.41) is 3.11. The highest BCUT2D eigenvalue weighted by Gasteiger charge is 2.20. The Kier molecular flexibility index (Phi) is 3.44. The largest absolute Gasteiger partial charge is 0.378 e. The van der Waals surface area contributed by atoms with Gasteiger partial charge in [0.1, 0.15) is 0 Å². The van der Waals surface area contributed by atoms with Crippen molar-refractivity contribution in [2.75, 3.05) is 19.8 Å². The fourth-order valence-corrected chi connectivity index (χ4v) is 1.19. The summed E-state index contributed by atoms with van der Waals surface area (Å²) in [6.45, 7) is 7.54. The molecule has 0 bridgehead atoms. The number of allylic oxidation sites excluding steroid dienone is 1. The zero-order chi connectivity index (χ0) is 8.97. The summed E-state index contributed by atoms with van der Waals surface area (Å²) in [5.74, 6) is 0.183. The zero-order valence-corrected chi connectivity index (χ0v) is 7.43. The summed E-state index contributed by atoms with van der Waals surface area (Å²) in [4.78, 5) is 11.4. The third-order valence-electron chi connectivity index (χ3n) is 1.79. The minimum atomic E-state index is -0.115. The summed E-state index contributed by atoms with van der Waals surface area (Å²) >= 11 is 0. The fraction of sp³-hybridized carbons (Fsp3) is 0.667. The SMILES string of the molecule is C=C(C)CC(=O)C1COCCN1. The molecule has 0 saturated carbocycles. The lowest BCUT2D eigenvalue weighted by atomic mass is 10.1. The smallest absolute Gasteiger partial charge is 0.156 e. The number of carbonyl (C=O) groups excluding carboxylic acids is 1. The van der Waals surface area contributed by atoms with E-state index in [4.69, 9.17) is 4.74 Å². The van der Waals surface area contributed by atoms with Crippen LogP contribution in [0.3, 0.4) is 0 Å². The number of hydrogen-bond donors (Lipinski definition) is 1. The van der Waals surface area contributed by atoms with Crippen LogP contribution in [0, 0.1) is 0 Å². The Morgan fingerprint density at radius 3 is 3.00 bits per heavy atom. The molecule has 0 aromatic rings. The third kappa shape index (κ3) is 2.75. The van der Waals surface area contributed by atoms with E-state index in [0.717, 1.165) is 12.1 Å². The minimum absolute atomic E-state index is 0.115. The molecular formula is C9H15NO2. The lowest BCUT2D eigenvalue weighted by Gasteiger charge is -2.22. The molecule has 1 saturated heterocycles. The zero-order valence-electron chi connectivity index (χ0n) is 7.43.